The summed E-state index contributed by atoms with van der Waals surface area (Å²) in [7, 11) is 0. The Hall–Kier alpha value is -2.95. The monoisotopic (exact) mass is 365 g/mol. The number of halogens is 2. The predicted octanol–water partition coefficient (Wildman–Crippen LogP) is 4.26. The van der Waals surface area contributed by atoms with Gasteiger partial charge in [0.15, 0.2) is 5.96 Å². The van der Waals surface area contributed by atoms with E-state index in [2.05, 4.69) is 52.1 Å². The molecule has 1 heterocycles. The predicted molar refractivity (Wildman–Crippen MR) is 103 cm³/mol. The number of nitrogens with one attached hydrogen (secondary N) is 2. The first-order valence-corrected chi connectivity index (χ1v) is 9.10. The maximum atomic E-state index is 13.4. The normalized spacial score (nSPS) is 25.4. The van der Waals surface area contributed by atoms with E-state index >= 15 is 0 Å². The van der Waals surface area contributed by atoms with E-state index in [1.54, 1.807) is 0 Å². The maximum absolute atomic E-state index is 13.4. The third kappa shape index (κ3) is 4.08. The summed E-state index contributed by atoms with van der Waals surface area (Å²) in [6.45, 7) is 0.207. The molecule has 0 radical (unpaired) electrons. The number of rotatable bonds is 4. The molecule has 1 aliphatic carbocycles. The van der Waals surface area contributed by atoms with Crippen LogP contribution in [-0.4, -0.2) is 12.0 Å². The molecular weight excluding hydrogens is 344 g/mol. The van der Waals surface area contributed by atoms with E-state index in [1.165, 1.54) is 17.7 Å². The van der Waals surface area contributed by atoms with Crippen molar-refractivity contribution in [1.82, 2.24) is 10.6 Å². The SMILES string of the molecule is Fc1cc(F)cc(CN=C2N[C@H](c3ccccc3)[C@H](C3C=CC=CC3)N2)c1. The standard InChI is InChI=1S/C22H21F2N3/c23-18-11-15(12-19(24)13-18)14-25-22-26-20(16-7-3-1-4-8-16)21(27-22)17-9-5-2-6-10-17/h1-9,11-13,17,20-21H,10,14H2,(H2,25,26,27)/t17?,20-,21+/m1/s1. The molecule has 0 amide bonds. The first kappa shape index (κ1) is 17.5. The summed E-state index contributed by atoms with van der Waals surface area (Å²) in [4.78, 5) is 4.52. The van der Waals surface area contributed by atoms with Gasteiger partial charge in [-0.15, -0.1) is 0 Å². The Morgan fingerprint density at radius 3 is 2.44 bits per heavy atom. The molecule has 2 aliphatic rings. The van der Waals surface area contributed by atoms with Gasteiger partial charge in [0.05, 0.1) is 18.6 Å². The van der Waals surface area contributed by atoms with Gasteiger partial charge in [-0.1, -0.05) is 54.6 Å². The van der Waals surface area contributed by atoms with Gasteiger partial charge < -0.3 is 10.6 Å². The van der Waals surface area contributed by atoms with Crippen LogP contribution in [0.2, 0.25) is 0 Å². The fourth-order valence-corrected chi connectivity index (χ4v) is 3.66. The largest absolute Gasteiger partial charge is 0.351 e. The van der Waals surface area contributed by atoms with E-state index in [4.69, 9.17) is 0 Å². The minimum atomic E-state index is -0.586. The van der Waals surface area contributed by atoms with Gasteiger partial charge in [-0.05, 0) is 29.7 Å². The summed E-state index contributed by atoms with van der Waals surface area (Å²) < 4.78 is 26.8. The topological polar surface area (TPSA) is 36.4 Å². The number of aliphatic imine (C=N–C) groups is 1. The first-order chi connectivity index (χ1) is 13.2. The number of benzene rings is 2. The van der Waals surface area contributed by atoms with Gasteiger partial charge in [0.1, 0.15) is 11.6 Å². The first-order valence-electron chi connectivity index (χ1n) is 9.10. The molecule has 1 unspecified atom stereocenters. The molecule has 2 N–H and O–H groups in total. The van der Waals surface area contributed by atoms with Crippen molar-refractivity contribution in [2.75, 3.05) is 0 Å². The van der Waals surface area contributed by atoms with Crippen molar-refractivity contribution in [3.63, 3.8) is 0 Å². The Balaban J connectivity index is 1.56. The summed E-state index contributed by atoms with van der Waals surface area (Å²) in [5, 5.41) is 6.92. The highest BCUT2D eigenvalue weighted by Gasteiger charge is 2.35. The Labute approximate surface area is 157 Å². The van der Waals surface area contributed by atoms with Crippen LogP contribution in [-0.2, 0) is 6.54 Å². The van der Waals surface area contributed by atoms with Crippen LogP contribution >= 0.6 is 0 Å². The van der Waals surface area contributed by atoms with Crippen molar-refractivity contribution in [1.29, 1.82) is 0 Å². The third-order valence-electron chi connectivity index (χ3n) is 4.93. The van der Waals surface area contributed by atoms with Crippen LogP contribution in [0.15, 0.2) is 77.8 Å². The molecule has 0 saturated carbocycles. The zero-order valence-electron chi connectivity index (χ0n) is 14.8. The second kappa shape index (κ2) is 7.74. The van der Waals surface area contributed by atoms with E-state index in [-0.39, 0.29) is 18.6 Å². The van der Waals surface area contributed by atoms with Crippen LogP contribution in [0, 0.1) is 17.6 Å². The average molecular weight is 365 g/mol. The molecule has 2 aromatic rings. The van der Waals surface area contributed by atoms with Gasteiger partial charge in [-0.2, -0.15) is 0 Å². The Bertz CT molecular complexity index is 869. The van der Waals surface area contributed by atoms with Crippen molar-refractivity contribution in [3.05, 3.63) is 95.6 Å². The zero-order chi connectivity index (χ0) is 18.6. The molecule has 1 aliphatic heterocycles. The van der Waals surface area contributed by atoms with Crippen LogP contribution in [0.25, 0.3) is 0 Å². The van der Waals surface area contributed by atoms with Crippen LogP contribution < -0.4 is 10.6 Å². The minimum Gasteiger partial charge on any atom is -0.351 e. The third-order valence-corrected chi connectivity index (χ3v) is 4.93. The van der Waals surface area contributed by atoms with E-state index < -0.39 is 11.6 Å². The lowest BCUT2D eigenvalue weighted by Crippen LogP contribution is -2.35. The Morgan fingerprint density at radius 1 is 0.963 bits per heavy atom. The van der Waals surface area contributed by atoms with Crippen molar-refractivity contribution < 1.29 is 8.78 Å². The summed E-state index contributed by atoms with van der Waals surface area (Å²) >= 11 is 0. The lowest BCUT2D eigenvalue weighted by Gasteiger charge is -2.26. The second-order valence-corrected chi connectivity index (χ2v) is 6.86. The van der Waals surface area contributed by atoms with Crippen LogP contribution in [0.3, 0.4) is 0 Å². The lowest BCUT2D eigenvalue weighted by molar-refractivity contribution is 0.418. The van der Waals surface area contributed by atoms with Gasteiger partial charge in [0.2, 0.25) is 0 Å². The Morgan fingerprint density at radius 2 is 1.74 bits per heavy atom. The number of hydrogen-bond donors (Lipinski definition) is 2. The smallest absolute Gasteiger partial charge is 0.192 e. The molecule has 1 fully saturated rings. The van der Waals surface area contributed by atoms with Crippen molar-refractivity contribution in [2.24, 2.45) is 10.9 Å². The molecule has 3 nitrogen and oxygen atoms in total. The molecule has 0 spiro atoms. The molecule has 2 aromatic carbocycles. The van der Waals surface area contributed by atoms with Gasteiger partial charge in [0, 0.05) is 12.0 Å². The Kier molecular flexibility index (Phi) is 5.01. The van der Waals surface area contributed by atoms with Crippen LogP contribution in [0.4, 0.5) is 8.78 Å². The summed E-state index contributed by atoms with van der Waals surface area (Å²) in [6, 6.07) is 14.0. The molecule has 0 aromatic heterocycles. The summed E-state index contributed by atoms with van der Waals surface area (Å²) in [5.74, 6) is -0.179. The molecule has 4 rings (SSSR count). The summed E-state index contributed by atoms with van der Waals surface area (Å²) in [5.41, 5.74) is 1.68. The molecule has 0 bridgehead atoms. The highest BCUT2D eigenvalue weighted by Crippen LogP contribution is 2.30. The highest BCUT2D eigenvalue weighted by atomic mass is 19.1. The van der Waals surface area contributed by atoms with E-state index in [0.717, 1.165) is 12.5 Å². The number of allylic oxidation sites excluding steroid dienone is 3. The molecule has 138 valence electrons. The van der Waals surface area contributed by atoms with Gasteiger partial charge in [-0.25, -0.2) is 13.8 Å². The highest BCUT2D eigenvalue weighted by molar-refractivity contribution is 5.83. The van der Waals surface area contributed by atoms with E-state index in [1.807, 2.05) is 18.2 Å². The van der Waals surface area contributed by atoms with Crippen LogP contribution in [0.1, 0.15) is 23.6 Å². The van der Waals surface area contributed by atoms with E-state index in [0.29, 0.717) is 17.4 Å². The van der Waals surface area contributed by atoms with Gasteiger partial charge in [-0.3, -0.25) is 0 Å². The van der Waals surface area contributed by atoms with E-state index in [9.17, 15) is 8.78 Å². The molecule has 5 heteroatoms. The molecule has 3 atom stereocenters. The van der Waals surface area contributed by atoms with Crippen LogP contribution in [0.5, 0.6) is 0 Å². The maximum Gasteiger partial charge on any atom is 0.192 e. The lowest BCUT2D eigenvalue weighted by atomic mass is 9.86. The summed E-state index contributed by atoms with van der Waals surface area (Å²) in [6.07, 6.45) is 9.47. The van der Waals surface area contributed by atoms with Crippen molar-refractivity contribution in [2.45, 2.75) is 25.0 Å². The fraction of sp³-hybridized carbons (Fsp3) is 0.227. The second-order valence-electron chi connectivity index (χ2n) is 6.86. The van der Waals surface area contributed by atoms with Gasteiger partial charge >= 0.3 is 0 Å². The number of hydrogen-bond acceptors (Lipinski definition) is 1. The minimum absolute atomic E-state index is 0.0790. The molecule has 27 heavy (non-hydrogen) atoms. The number of nitrogens with zero attached hydrogens (tertiary/aromatic N) is 1. The van der Waals surface area contributed by atoms with Gasteiger partial charge in [0.25, 0.3) is 0 Å². The molecular formula is C22H21F2N3. The number of guanidine groups is 1. The zero-order valence-corrected chi connectivity index (χ0v) is 14.8. The van der Waals surface area contributed by atoms with Crippen molar-refractivity contribution in [3.8, 4) is 0 Å². The molecule has 1 saturated heterocycles. The van der Waals surface area contributed by atoms with Crippen molar-refractivity contribution >= 4 is 5.96 Å². The quantitative estimate of drug-likeness (QED) is 0.850. The fourth-order valence-electron chi connectivity index (χ4n) is 3.66. The average Bonchev–Trinajstić information content (AvgIpc) is 3.11.